The number of aromatic nitrogens is 2. The second-order valence-corrected chi connectivity index (χ2v) is 3.24. The summed E-state index contributed by atoms with van der Waals surface area (Å²) in [4.78, 5) is 15.6. The molecule has 5 nitrogen and oxygen atoms in total. The van der Waals surface area contributed by atoms with Crippen molar-refractivity contribution in [2.24, 2.45) is 0 Å². The SMILES string of the molecule is CCCc1nc(C)c(C(=O)OCC)n1O. The van der Waals surface area contributed by atoms with E-state index in [1.54, 1.807) is 13.8 Å². The molecule has 0 radical (unpaired) electrons. The van der Waals surface area contributed by atoms with Gasteiger partial charge in [-0.15, -0.1) is 0 Å². The van der Waals surface area contributed by atoms with Crippen molar-refractivity contribution in [3.63, 3.8) is 0 Å². The maximum absolute atomic E-state index is 11.5. The predicted molar refractivity (Wildman–Crippen MR) is 54.1 cm³/mol. The van der Waals surface area contributed by atoms with Crippen molar-refractivity contribution < 1.29 is 14.7 Å². The summed E-state index contributed by atoms with van der Waals surface area (Å²) in [6.45, 7) is 5.66. The van der Waals surface area contributed by atoms with Gasteiger partial charge in [-0.25, -0.2) is 9.78 Å². The Balaban J connectivity index is 3.02. The molecule has 0 amide bonds. The van der Waals surface area contributed by atoms with E-state index in [0.29, 0.717) is 17.9 Å². The lowest BCUT2D eigenvalue weighted by molar-refractivity contribution is 0.0470. The fourth-order valence-corrected chi connectivity index (χ4v) is 1.40. The van der Waals surface area contributed by atoms with Crippen molar-refractivity contribution in [3.05, 3.63) is 17.2 Å². The molecule has 1 N–H and O–H groups in total. The van der Waals surface area contributed by atoms with Crippen LogP contribution in [-0.2, 0) is 11.2 Å². The molecule has 0 aliphatic carbocycles. The van der Waals surface area contributed by atoms with Crippen molar-refractivity contribution in [1.82, 2.24) is 9.71 Å². The van der Waals surface area contributed by atoms with Gasteiger partial charge >= 0.3 is 5.97 Å². The maximum atomic E-state index is 11.5. The molecule has 84 valence electrons. The average molecular weight is 212 g/mol. The smallest absolute Gasteiger partial charge is 0.360 e. The van der Waals surface area contributed by atoms with Crippen LogP contribution in [0.4, 0.5) is 0 Å². The fourth-order valence-electron chi connectivity index (χ4n) is 1.40. The minimum atomic E-state index is -0.535. The van der Waals surface area contributed by atoms with Gasteiger partial charge in [-0.05, 0) is 20.3 Å². The van der Waals surface area contributed by atoms with Crippen molar-refractivity contribution in [2.45, 2.75) is 33.6 Å². The van der Waals surface area contributed by atoms with Crippen LogP contribution in [0.5, 0.6) is 0 Å². The molecule has 0 bridgehead atoms. The summed E-state index contributed by atoms with van der Waals surface area (Å²) in [6, 6.07) is 0. The van der Waals surface area contributed by atoms with Crippen LogP contribution in [0.1, 0.15) is 42.3 Å². The summed E-state index contributed by atoms with van der Waals surface area (Å²) in [5, 5.41) is 9.69. The number of rotatable bonds is 4. The van der Waals surface area contributed by atoms with Gasteiger partial charge < -0.3 is 9.94 Å². The van der Waals surface area contributed by atoms with Gasteiger partial charge in [-0.2, -0.15) is 4.73 Å². The van der Waals surface area contributed by atoms with E-state index >= 15 is 0 Å². The minimum Gasteiger partial charge on any atom is -0.461 e. The number of carbonyl (C=O) groups is 1. The highest BCUT2D eigenvalue weighted by molar-refractivity contribution is 5.88. The molecule has 1 aromatic rings. The first-order valence-electron chi connectivity index (χ1n) is 5.06. The Morgan fingerprint density at radius 1 is 1.53 bits per heavy atom. The molecule has 0 spiro atoms. The van der Waals surface area contributed by atoms with Crippen LogP contribution in [0.15, 0.2) is 0 Å². The largest absolute Gasteiger partial charge is 0.461 e. The summed E-state index contributed by atoms with van der Waals surface area (Å²) in [6.07, 6.45) is 1.50. The highest BCUT2D eigenvalue weighted by Gasteiger charge is 2.20. The van der Waals surface area contributed by atoms with E-state index in [1.807, 2.05) is 6.92 Å². The Kier molecular flexibility index (Phi) is 3.71. The third-order valence-electron chi connectivity index (χ3n) is 2.04. The highest BCUT2D eigenvalue weighted by atomic mass is 16.5. The third-order valence-corrected chi connectivity index (χ3v) is 2.04. The molecule has 0 aromatic carbocycles. The highest BCUT2D eigenvalue weighted by Crippen LogP contribution is 2.12. The first-order valence-corrected chi connectivity index (χ1v) is 5.06. The lowest BCUT2D eigenvalue weighted by Gasteiger charge is -2.03. The van der Waals surface area contributed by atoms with E-state index < -0.39 is 5.97 Å². The average Bonchev–Trinajstić information content (AvgIpc) is 2.43. The zero-order chi connectivity index (χ0) is 11.4. The molecule has 0 fully saturated rings. The number of hydrogen-bond donors (Lipinski definition) is 1. The molecule has 5 heteroatoms. The Morgan fingerprint density at radius 3 is 2.73 bits per heavy atom. The molecule has 0 aliphatic rings. The van der Waals surface area contributed by atoms with Gasteiger partial charge in [-0.3, -0.25) is 0 Å². The molecule has 0 saturated heterocycles. The van der Waals surface area contributed by atoms with Crippen LogP contribution in [0.2, 0.25) is 0 Å². The molecule has 0 unspecified atom stereocenters. The van der Waals surface area contributed by atoms with Crippen LogP contribution in [0, 0.1) is 6.92 Å². The number of carbonyl (C=O) groups excluding carboxylic acids is 1. The summed E-state index contributed by atoms with van der Waals surface area (Å²) in [5.41, 5.74) is 0.625. The third kappa shape index (κ3) is 2.29. The van der Waals surface area contributed by atoms with Crippen LogP contribution >= 0.6 is 0 Å². The predicted octanol–water partition coefficient (Wildman–Crippen LogP) is 1.56. The zero-order valence-electron chi connectivity index (χ0n) is 9.28. The van der Waals surface area contributed by atoms with Gasteiger partial charge in [0.05, 0.1) is 12.3 Å². The van der Waals surface area contributed by atoms with Crippen molar-refractivity contribution in [1.29, 1.82) is 0 Å². The van der Waals surface area contributed by atoms with E-state index in [-0.39, 0.29) is 12.3 Å². The second kappa shape index (κ2) is 4.82. The van der Waals surface area contributed by atoms with Gasteiger partial charge in [0.1, 0.15) is 5.82 Å². The van der Waals surface area contributed by atoms with E-state index in [9.17, 15) is 10.0 Å². The van der Waals surface area contributed by atoms with Gasteiger partial charge in [0.2, 0.25) is 0 Å². The normalized spacial score (nSPS) is 10.3. The molecular formula is C10H16N2O3. The molecule has 0 atom stereocenters. The Labute approximate surface area is 88.6 Å². The van der Waals surface area contributed by atoms with E-state index in [1.165, 1.54) is 0 Å². The van der Waals surface area contributed by atoms with Crippen LogP contribution < -0.4 is 0 Å². The number of aryl methyl sites for hydroxylation is 2. The van der Waals surface area contributed by atoms with Gasteiger partial charge in [-0.1, -0.05) is 6.92 Å². The number of imidazole rings is 1. The molecule has 1 heterocycles. The van der Waals surface area contributed by atoms with Crippen LogP contribution in [-0.4, -0.2) is 27.5 Å². The molecule has 0 aliphatic heterocycles. The van der Waals surface area contributed by atoms with Gasteiger partial charge in [0.25, 0.3) is 0 Å². The number of nitrogens with zero attached hydrogens (tertiary/aromatic N) is 2. The second-order valence-electron chi connectivity index (χ2n) is 3.24. The summed E-state index contributed by atoms with van der Waals surface area (Å²) in [5.74, 6) is -0.0367. The molecule has 0 saturated carbocycles. The number of hydrogen-bond acceptors (Lipinski definition) is 4. The molecule has 1 rings (SSSR count). The quantitative estimate of drug-likeness (QED) is 0.607. The van der Waals surface area contributed by atoms with Crippen LogP contribution in [0.25, 0.3) is 0 Å². The van der Waals surface area contributed by atoms with Crippen molar-refractivity contribution in [2.75, 3.05) is 6.61 Å². The molecule has 15 heavy (non-hydrogen) atoms. The summed E-state index contributed by atoms with van der Waals surface area (Å²) < 4.78 is 5.65. The van der Waals surface area contributed by atoms with E-state index in [0.717, 1.165) is 11.2 Å². The topological polar surface area (TPSA) is 64.3 Å². The van der Waals surface area contributed by atoms with E-state index in [4.69, 9.17) is 4.74 Å². The first-order chi connectivity index (χ1) is 7.11. The van der Waals surface area contributed by atoms with Gasteiger partial charge in [0.15, 0.2) is 5.69 Å². The van der Waals surface area contributed by atoms with Crippen molar-refractivity contribution >= 4 is 5.97 Å². The zero-order valence-corrected chi connectivity index (χ0v) is 9.28. The van der Waals surface area contributed by atoms with Crippen molar-refractivity contribution in [3.8, 4) is 0 Å². The summed E-state index contributed by atoms with van der Waals surface area (Å²) >= 11 is 0. The van der Waals surface area contributed by atoms with Gasteiger partial charge in [0, 0.05) is 6.42 Å². The lowest BCUT2D eigenvalue weighted by atomic mass is 10.3. The van der Waals surface area contributed by atoms with E-state index in [2.05, 4.69) is 4.98 Å². The Morgan fingerprint density at radius 2 is 2.20 bits per heavy atom. The first kappa shape index (κ1) is 11.6. The Hall–Kier alpha value is -1.52. The maximum Gasteiger partial charge on any atom is 0.360 e. The lowest BCUT2D eigenvalue weighted by Crippen LogP contribution is -2.13. The Bertz CT molecular complexity index is 358. The monoisotopic (exact) mass is 212 g/mol. The van der Waals surface area contributed by atoms with Crippen LogP contribution in [0.3, 0.4) is 0 Å². The standard InChI is InChI=1S/C10H16N2O3/c1-4-6-8-11-7(3)9(12(8)14)10(13)15-5-2/h14H,4-6H2,1-3H3. The molecule has 1 aromatic heterocycles. The summed E-state index contributed by atoms with van der Waals surface area (Å²) in [7, 11) is 0. The number of esters is 1. The minimum absolute atomic E-state index is 0.125. The molecular weight excluding hydrogens is 196 g/mol. The fraction of sp³-hybridized carbons (Fsp3) is 0.600. The number of ether oxygens (including phenoxy) is 1.